The summed E-state index contributed by atoms with van der Waals surface area (Å²) in [4.78, 5) is 52.7. The maximum Gasteiger partial charge on any atom is 0.420 e. The van der Waals surface area contributed by atoms with Crippen molar-refractivity contribution in [1.29, 1.82) is 0 Å². The summed E-state index contributed by atoms with van der Waals surface area (Å²) in [7, 11) is 1.14. The van der Waals surface area contributed by atoms with Crippen LogP contribution in [0.4, 0.5) is 15.3 Å². The van der Waals surface area contributed by atoms with Crippen LogP contribution in [0.15, 0.2) is 24.4 Å². The van der Waals surface area contributed by atoms with Gasteiger partial charge in [0, 0.05) is 30.1 Å². The minimum Gasteiger partial charge on any atom is -0.467 e. The Kier molecular flexibility index (Phi) is 7.36. The molecule has 0 unspecified atom stereocenters. The Balaban J connectivity index is 2.51. The lowest BCUT2D eigenvalue weighted by Crippen LogP contribution is -2.53. The van der Waals surface area contributed by atoms with Crippen LogP contribution in [0.3, 0.4) is 0 Å². The van der Waals surface area contributed by atoms with Crippen LogP contribution in [0.2, 0.25) is 0 Å². The number of non-ortho nitro benzene ring substituents is 1. The van der Waals surface area contributed by atoms with E-state index >= 15 is 0 Å². The average molecular weight is 463 g/mol. The first-order valence-corrected chi connectivity index (χ1v) is 10.2. The maximum atomic E-state index is 13.0. The third-order valence-electron chi connectivity index (χ3n) is 4.34. The smallest absolute Gasteiger partial charge is 0.420 e. The number of nitro benzene ring substituents is 1. The number of esters is 1. The van der Waals surface area contributed by atoms with Crippen LogP contribution >= 0.6 is 0 Å². The lowest BCUT2D eigenvalue weighted by molar-refractivity contribution is -0.384. The van der Waals surface area contributed by atoms with Gasteiger partial charge in [-0.3, -0.25) is 10.1 Å². The van der Waals surface area contributed by atoms with E-state index in [4.69, 9.17) is 14.2 Å². The second kappa shape index (κ2) is 9.47. The number of amides is 2. The highest BCUT2D eigenvalue weighted by atomic mass is 16.6. The summed E-state index contributed by atoms with van der Waals surface area (Å²) in [5.41, 5.74) is -1.00. The lowest BCUT2D eigenvalue weighted by Gasteiger charge is -2.32. The standard InChI is InChI=1S/C22H29N3O8/c1-21(2,3)32-19(27)24(20(28)33-22(4,5)6)17(18(26)31-7)10-13-12-23-16-11-14(25(29)30)8-9-15(13)16/h8-9,11-12,17,23H,10H2,1-7H3/t17-/m0/s1. The van der Waals surface area contributed by atoms with Crippen molar-refractivity contribution in [3.05, 3.63) is 40.1 Å². The SMILES string of the molecule is COC(=O)[C@H](Cc1c[nH]c2cc([N+](=O)[O-])ccc12)N(C(=O)OC(C)(C)C)C(=O)OC(C)(C)C. The average Bonchev–Trinajstić information content (AvgIpc) is 3.06. The molecule has 0 saturated heterocycles. The number of fused-ring (bicyclic) bond motifs is 1. The monoisotopic (exact) mass is 463 g/mol. The van der Waals surface area contributed by atoms with E-state index in [0.717, 1.165) is 7.11 Å². The Labute approximate surface area is 191 Å². The number of nitrogens with one attached hydrogen (secondary N) is 1. The number of carbonyl (C=O) groups is 3. The van der Waals surface area contributed by atoms with Gasteiger partial charge in [-0.15, -0.1) is 0 Å². The number of ether oxygens (including phenoxy) is 3. The minimum absolute atomic E-state index is 0.107. The second-order valence-corrected chi connectivity index (χ2v) is 9.37. The molecule has 180 valence electrons. The molecule has 0 radical (unpaired) electrons. The number of H-pyrrole nitrogens is 1. The van der Waals surface area contributed by atoms with Crippen LogP contribution in [0, 0.1) is 10.1 Å². The van der Waals surface area contributed by atoms with Gasteiger partial charge in [0.25, 0.3) is 5.69 Å². The Bertz CT molecular complexity index is 1030. The Hall–Kier alpha value is -3.63. The molecule has 1 atom stereocenters. The fourth-order valence-electron chi connectivity index (χ4n) is 3.03. The predicted molar refractivity (Wildman–Crippen MR) is 119 cm³/mol. The number of imide groups is 1. The van der Waals surface area contributed by atoms with Crippen LogP contribution < -0.4 is 0 Å². The highest BCUT2D eigenvalue weighted by Gasteiger charge is 2.41. The van der Waals surface area contributed by atoms with Gasteiger partial charge in [0.1, 0.15) is 17.2 Å². The summed E-state index contributed by atoms with van der Waals surface area (Å²) in [6.07, 6.45) is -0.722. The second-order valence-electron chi connectivity index (χ2n) is 9.37. The van der Waals surface area contributed by atoms with E-state index in [1.54, 1.807) is 47.7 Å². The molecule has 1 aromatic carbocycles. The summed E-state index contributed by atoms with van der Waals surface area (Å²) in [6.45, 7) is 9.74. The van der Waals surface area contributed by atoms with Gasteiger partial charge in [-0.05, 0) is 53.2 Å². The molecule has 1 heterocycles. The van der Waals surface area contributed by atoms with Crippen molar-refractivity contribution in [2.75, 3.05) is 7.11 Å². The number of nitrogens with zero attached hydrogens (tertiary/aromatic N) is 2. The van der Waals surface area contributed by atoms with E-state index in [-0.39, 0.29) is 12.1 Å². The van der Waals surface area contributed by atoms with E-state index in [2.05, 4.69) is 4.98 Å². The van der Waals surface area contributed by atoms with Crippen molar-refractivity contribution in [3.8, 4) is 0 Å². The molecule has 0 bridgehead atoms. The molecule has 0 fully saturated rings. The van der Waals surface area contributed by atoms with Crippen molar-refractivity contribution in [3.63, 3.8) is 0 Å². The zero-order valence-electron chi connectivity index (χ0n) is 19.8. The normalized spacial score (nSPS) is 12.7. The summed E-state index contributed by atoms with van der Waals surface area (Å²) in [5.74, 6) is -0.858. The Morgan fingerprint density at radius 1 is 1.06 bits per heavy atom. The van der Waals surface area contributed by atoms with E-state index in [0.29, 0.717) is 21.4 Å². The molecule has 0 aliphatic carbocycles. The highest BCUT2D eigenvalue weighted by molar-refractivity contribution is 5.95. The van der Waals surface area contributed by atoms with Crippen molar-refractivity contribution in [2.45, 2.75) is 65.2 Å². The molecule has 11 nitrogen and oxygen atoms in total. The van der Waals surface area contributed by atoms with E-state index in [1.807, 2.05) is 0 Å². The summed E-state index contributed by atoms with van der Waals surface area (Å²) < 4.78 is 15.6. The first-order chi connectivity index (χ1) is 15.1. The number of carbonyl (C=O) groups excluding carboxylic acids is 3. The fraction of sp³-hybridized carbons (Fsp3) is 0.500. The molecule has 2 aromatic rings. The van der Waals surface area contributed by atoms with Crippen molar-refractivity contribution in [2.24, 2.45) is 0 Å². The molecule has 11 heteroatoms. The highest BCUT2D eigenvalue weighted by Crippen LogP contribution is 2.26. The van der Waals surface area contributed by atoms with E-state index in [1.165, 1.54) is 18.2 Å². The van der Waals surface area contributed by atoms with Gasteiger partial charge >= 0.3 is 18.2 Å². The molecule has 1 aromatic heterocycles. The minimum atomic E-state index is -1.41. The summed E-state index contributed by atoms with van der Waals surface area (Å²) in [5, 5.41) is 11.6. The maximum absolute atomic E-state index is 13.0. The Morgan fingerprint density at radius 2 is 1.61 bits per heavy atom. The quantitative estimate of drug-likeness (QED) is 0.299. The first kappa shape index (κ1) is 25.6. The zero-order valence-corrected chi connectivity index (χ0v) is 19.8. The zero-order chi connectivity index (χ0) is 25.1. The molecule has 0 saturated carbocycles. The van der Waals surface area contributed by atoms with Crippen LogP contribution in [0.1, 0.15) is 47.1 Å². The van der Waals surface area contributed by atoms with Crippen LogP contribution in [-0.4, -0.2) is 57.3 Å². The molecule has 0 aliphatic rings. The number of hydrogen-bond acceptors (Lipinski definition) is 8. The largest absolute Gasteiger partial charge is 0.467 e. The number of rotatable bonds is 5. The van der Waals surface area contributed by atoms with Crippen LogP contribution in [-0.2, 0) is 25.4 Å². The van der Waals surface area contributed by atoms with Gasteiger partial charge < -0.3 is 19.2 Å². The third kappa shape index (κ3) is 6.67. The van der Waals surface area contributed by atoms with Crippen molar-refractivity contribution in [1.82, 2.24) is 9.88 Å². The van der Waals surface area contributed by atoms with Crippen LogP contribution in [0.5, 0.6) is 0 Å². The molecular weight excluding hydrogens is 434 g/mol. The van der Waals surface area contributed by atoms with Gasteiger partial charge in [0.2, 0.25) is 0 Å². The molecule has 0 aliphatic heterocycles. The lowest BCUT2D eigenvalue weighted by atomic mass is 10.0. The van der Waals surface area contributed by atoms with Gasteiger partial charge in [-0.25, -0.2) is 14.4 Å². The number of aromatic nitrogens is 1. The van der Waals surface area contributed by atoms with Crippen LogP contribution in [0.25, 0.3) is 10.9 Å². The van der Waals surface area contributed by atoms with Gasteiger partial charge in [0.15, 0.2) is 0 Å². The number of hydrogen-bond donors (Lipinski definition) is 1. The van der Waals surface area contributed by atoms with Crippen molar-refractivity contribution >= 4 is 34.7 Å². The van der Waals surface area contributed by atoms with E-state index < -0.39 is 40.3 Å². The van der Waals surface area contributed by atoms with Crippen molar-refractivity contribution < 1.29 is 33.5 Å². The molecule has 1 N–H and O–H groups in total. The molecular formula is C22H29N3O8. The first-order valence-electron chi connectivity index (χ1n) is 10.2. The van der Waals surface area contributed by atoms with E-state index in [9.17, 15) is 24.5 Å². The molecule has 2 amide bonds. The van der Waals surface area contributed by atoms with Gasteiger partial charge in [-0.1, -0.05) is 0 Å². The summed E-state index contributed by atoms with van der Waals surface area (Å²) in [6, 6.07) is 2.80. The number of aromatic amines is 1. The molecule has 33 heavy (non-hydrogen) atoms. The predicted octanol–water partition coefficient (Wildman–Crippen LogP) is 4.33. The topological polar surface area (TPSA) is 141 Å². The van der Waals surface area contributed by atoms with Gasteiger partial charge in [-0.2, -0.15) is 4.90 Å². The van der Waals surface area contributed by atoms with Gasteiger partial charge in [0.05, 0.1) is 17.5 Å². The molecule has 0 spiro atoms. The Morgan fingerprint density at radius 3 is 2.06 bits per heavy atom. The number of methoxy groups -OCH3 is 1. The molecule has 2 rings (SSSR count). The third-order valence-corrected chi connectivity index (χ3v) is 4.34. The summed E-state index contributed by atoms with van der Waals surface area (Å²) >= 11 is 0. The number of benzene rings is 1. The fourth-order valence-corrected chi connectivity index (χ4v) is 3.03. The number of nitro groups is 1.